The van der Waals surface area contributed by atoms with E-state index in [1.54, 1.807) is 12.4 Å². The lowest BCUT2D eigenvalue weighted by molar-refractivity contribution is 1.12. The number of nitrogens with zero attached hydrogens (tertiary/aromatic N) is 3. The van der Waals surface area contributed by atoms with Crippen LogP contribution in [0.2, 0.25) is 0 Å². The highest BCUT2D eigenvalue weighted by molar-refractivity contribution is 5.58. The first-order chi connectivity index (χ1) is 7.79. The molecule has 16 heavy (non-hydrogen) atoms. The van der Waals surface area contributed by atoms with Crippen molar-refractivity contribution in [3.63, 3.8) is 0 Å². The van der Waals surface area contributed by atoms with Crippen LogP contribution in [0.1, 0.15) is 12.6 Å². The summed E-state index contributed by atoms with van der Waals surface area (Å²) in [6.07, 6.45) is 5.27. The molecule has 82 valence electrons. The number of aryl methyl sites for hydroxylation is 1. The highest BCUT2D eigenvalue weighted by atomic mass is 15.0. The summed E-state index contributed by atoms with van der Waals surface area (Å²) in [5.74, 6) is 0.792. The Hall–Kier alpha value is -1.97. The average molecular weight is 214 g/mol. The number of pyridine rings is 1. The minimum absolute atomic E-state index is 0.792. The molecule has 2 aromatic heterocycles. The van der Waals surface area contributed by atoms with Crippen LogP contribution in [0.5, 0.6) is 0 Å². The Bertz CT molecular complexity index is 465. The zero-order valence-electron chi connectivity index (χ0n) is 9.44. The Morgan fingerprint density at radius 2 is 2.06 bits per heavy atom. The maximum atomic E-state index is 4.45. The summed E-state index contributed by atoms with van der Waals surface area (Å²) in [5, 5.41) is 3.14. The van der Waals surface area contributed by atoms with Crippen molar-refractivity contribution in [2.45, 2.75) is 13.8 Å². The summed E-state index contributed by atoms with van der Waals surface area (Å²) in [5.41, 5.74) is 2.82. The lowest BCUT2D eigenvalue weighted by Crippen LogP contribution is -2.00. The first kappa shape index (κ1) is 10.5. The van der Waals surface area contributed by atoms with Gasteiger partial charge in [-0.25, -0.2) is 4.98 Å². The Morgan fingerprint density at radius 3 is 2.75 bits per heavy atom. The van der Waals surface area contributed by atoms with Crippen molar-refractivity contribution in [3.8, 4) is 11.3 Å². The van der Waals surface area contributed by atoms with E-state index in [2.05, 4.69) is 20.3 Å². The summed E-state index contributed by atoms with van der Waals surface area (Å²) in [6.45, 7) is 4.83. The fourth-order valence-electron chi connectivity index (χ4n) is 1.39. The smallest absolute Gasteiger partial charge is 0.145 e. The molecule has 0 unspecified atom stereocenters. The molecule has 1 N–H and O–H groups in total. The molecule has 4 nitrogen and oxygen atoms in total. The molecule has 0 atom stereocenters. The van der Waals surface area contributed by atoms with Gasteiger partial charge in [0.2, 0.25) is 0 Å². The van der Waals surface area contributed by atoms with Crippen molar-refractivity contribution in [1.82, 2.24) is 15.0 Å². The lowest BCUT2D eigenvalue weighted by atomic mass is 10.2. The quantitative estimate of drug-likeness (QED) is 0.851. The van der Waals surface area contributed by atoms with Crippen molar-refractivity contribution in [3.05, 3.63) is 36.4 Å². The Balaban J connectivity index is 2.32. The van der Waals surface area contributed by atoms with Gasteiger partial charge in [-0.05, 0) is 26.0 Å². The van der Waals surface area contributed by atoms with Crippen LogP contribution in [0.4, 0.5) is 5.82 Å². The largest absolute Gasteiger partial charge is 0.369 e. The maximum absolute atomic E-state index is 4.45. The molecule has 2 rings (SSSR count). The first-order valence-corrected chi connectivity index (χ1v) is 5.28. The highest BCUT2D eigenvalue weighted by Crippen LogP contribution is 2.16. The van der Waals surface area contributed by atoms with Crippen LogP contribution in [0, 0.1) is 6.92 Å². The predicted octanol–water partition coefficient (Wildman–Crippen LogP) is 2.28. The number of hydrogen-bond donors (Lipinski definition) is 1. The van der Waals surface area contributed by atoms with Gasteiger partial charge in [-0.1, -0.05) is 0 Å². The van der Waals surface area contributed by atoms with Crippen molar-refractivity contribution >= 4 is 5.82 Å². The van der Waals surface area contributed by atoms with E-state index in [9.17, 15) is 0 Å². The molecule has 0 fully saturated rings. The molecule has 0 aliphatic rings. The van der Waals surface area contributed by atoms with E-state index in [-0.39, 0.29) is 0 Å². The van der Waals surface area contributed by atoms with E-state index in [1.165, 1.54) is 0 Å². The van der Waals surface area contributed by atoms with Crippen molar-refractivity contribution in [1.29, 1.82) is 0 Å². The summed E-state index contributed by atoms with van der Waals surface area (Å²) < 4.78 is 0. The van der Waals surface area contributed by atoms with E-state index >= 15 is 0 Å². The molecule has 4 heteroatoms. The third-order valence-corrected chi connectivity index (χ3v) is 2.20. The Labute approximate surface area is 94.8 Å². The fraction of sp³-hybridized carbons (Fsp3) is 0.250. The molecule has 2 aromatic rings. The van der Waals surface area contributed by atoms with E-state index in [0.717, 1.165) is 29.3 Å². The summed E-state index contributed by atoms with van der Waals surface area (Å²) in [4.78, 5) is 12.8. The van der Waals surface area contributed by atoms with Gasteiger partial charge in [0.1, 0.15) is 5.82 Å². The summed E-state index contributed by atoms with van der Waals surface area (Å²) in [6, 6.07) is 3.97. The summed E-state index contributed by atoms with van der Waals surface area (Å²) >= 11 is 0. The lowest BCUT2D eigenvalue weighted by Gasteiger charge is -2.04. The molecule has 0 bridgehead atoms. The van der Waals surface area contributed by atoms with Gasteiger partial charge >= 0.3 is 0 Å². The molecular weight excluding hydrogens is 200 g/mol. The number of rotatable bonds is 3. The molecule has 0 amide bonds. The predicted molar refractivity (Wildman–Crippen MR) is 64.2 cm³/mol. The van der Waals surface area contributed by atoms with Crippen molar-refractivity contribution in [2.75, 3.05) is 11.9 Å². The fourth-order valence-corrected chi connectivity index (χ4v) is 1.39. The topological polar surface area (TPSA) is 50.7 Å². The molecule has 0 radical (unpaired) electrons. The van der Waals surface area contributed by atoms with Crippen LogP contribution < -0.4 is 5.32 Å². The van der Waals surface area contributed by atoms with Crippen LogP contribution in [0.3, 0.4) is 0 Å². The highest BCUT2D eigenvalue weighted by Gasteiger charge is 2.01. The van der Waals surface area contributed by atoms with Gasteiger partial charge in [-0.15, -0.1) is 0 Å². The van der Waals surface area contributed by atoms with Crippen molar-refractivity contribution < 1.29 is 0 Å². The third-order valence-electron chi connectivity index (χ3n) is 2.20. The second-order valence-electron chi connectivity index (χ2n) is 3.51. The van der Waals surface area contributed by atoms with E-state index in [4.69, 9.17) is 0 Å². The van der Waals surface area contributed by atoms with E-state index < -0.39 is 0 Å². The average Bonchev–Trinajstić information content (AvgIpc) is 2.31. The Kier molecular flexibility index (Phi) is 3.10. The number of anilines is 1. The van der Waals surface area contributed by atoms with Gasteiger partial charge in [0.15, 0.2) is 0 Å². The van der Waals surface area contributed by atoms with Gasteiger partial charge in [0.25, 0.3) is 0 Å². The van der Waals surface area contributed by atoms with Crippen LogP contribution in [0.15, 0.2) is 30.7 Å². The molecule has 0 spiro atoms. The SMILES string of the molecule is CCNc1cncc(-c2ccc(C)nc2)n1. The number of hydrogen-bond acceptors (Lipinski definition) is 4. The van der Waals surface area contributed by atoms with Gasteiger partial charge in [-0.2, -0.15) is 0 Å². The molecule has 0 aliphatic carbocycles. The normalized spacial score (nSPS) is 10.1. The minimum atomic E-state index is 0.792. The number of aromatic nitrogens is 3. The molecular formula is C12H14N4. The maximum Gasteiger partial charge on any atom is 0.145 e. The molecule has 0 saturated carbocycles. The molecule has 0 aromatic carbocycles. The molecule has 0 aliphatic heterocycles. The van der Waals surface area contributed by atoms with E-state index in [1.807, 2.05) is 32.2 Å². The zero-order valence-corrected chi connectivity index (χ0v) is 9.44. The van der Waals surface area contributed by atoms with Gasteiger partial charge in [-0.3, -0.25) is 9.97 Å². The second-order valence-corrected chi connectivity index (χ2v) is 3.51. The van der Waals surface area contributed by atoms with Gasteiger partial charge in [0.05, 0.1) is 18.1 Å². The van der Waals surface area contributed by atoms with Crippen LogP contribution >= 0.6 is 0 Å². The number of nitrogens with one attached hydrogen (secondary N) is 1. The monoisotopic (exact) mass is 214 g/mol. The van der Waals surface area contributed by atoms with Gasteiger partial charge in [0, 0.05) is 24.0 Å². The van der Waals surface area contributed by atoms with Gasteiger partial charge < -0.3 is 5.32 Å². The molecule has 2 heterocycles. The second kappa shape index (κ2) is 4.70. The van der Waals surface area contributed by atoms with Crippen molar-refractivity contribution in [2.24, 2.45) is 0 Å². The minimum Gasteiger partial charge on any atom is -0.369 e. The standard InChI is InChI=1S/C12H14N4/c1-3-14-12-8-13-7-11(16-12)10-5-4-9(2)15-6-10/h4-8H,3H2,1-2H3,(H,14,16). The zero-order chi connectivity index (χ0) is 11.4. The molecule has 0 saturated heterocycles. The Morgan fingerprint density at radius 1 is 1.19 bits per heavy atom. The van der Waals surface area contributed by atoms with Crippen LogP contribution in [-0.2, 0) is 0 Å². The summed E-state index contributed by atoms with van der Waals surface area (Å²) in [7, 11) is 0. The van der Waals surface area contributed by atoms with Crippen LogP contribution in [0.25, 0.3) is 11.3 Å². The van der Waals surface area contributed by atoms with E-state index in [0.29, 0.717) is 0 Å². The van der Waals surface area contributed by atoms with Crippen LogP contribution in [-0.4, -0.2) is 21.5 Å². The first-order valence-electron chi connectivity index (χ1n) is 5.28. The third kappa shape index (κ3) is 2.34.